The highest BCUT2D eigenvalue weighted by Crippen LogP contribution is 2.18. The maximum absolute atomic E-state index is 12.0. The SMILES string of the molecule is Cn1cnc(S(=O)(=O)Nc2c(C(=O)O)cnn2C)c1. The van der Waals surface area contributed by atoms with Crippen LogP contribution in [0.15, 0.2) is 23.7 Å². The fraction of sp³-hybridized carbons (Fsp3) is 0.222. The van der Waals surface area contributed by atoms with Crippen molar-refractivity contribution in [2.45, 2.75) is 5.03 Å². The van der Waals surface area contributed by atoms with Gasteiger partial charge in [0, 0.05) is 20.3 Å². The molecule has 0 saturated heterocycles. The normalized spacial score (nSPS) is 11.5. The molecular weight excluding hydrogens is 274 g/mol. The topological polar surface area (TPSA) is 119 Å². The van der Waals surface area contributed by atoms with Gasteiger partial charge in [0.1, 0.15) is 5.56 Å². The Balaban J connectivity index is 2.41. The van der Waals surface area contributed by atoms with Crippen LogP contribution in [0.5, 0.6) is 0 Å². The molecule has 0 atom stereocenters. The van der Waals surface area contributed by atoms with Crippen LogP contribution in [0.4, 0.5) is 5.82 Å². The Hall–Kier alpha value is -2.36. The molecule has 0 aliphatic rings. The minimum absolute atomic E-state index is 0.127. The number of carboxylic acids is 1. The molecule has 0 unspecified atom stereocenters. The van der Waals surface area contributed by atoms with Crippen LogP contribution in [0.2, 0.25) is 0 Å². The molecule has 2 heterocycles. The molecule has 0 radical (unpaired) electrons. The average Bonchev–Trinajstić information content (AvgIpc) is 2.87. The number of carboxylic acid groups (broad SMARTS) is 1. The van der Waals surface area contributed by atoms with Gasteiger partial charge in [-0.05, 0) is 0 Å². The third-order valence-electron chi connectivity index (χ3n) is 2.36. The van der Waals surface area contributed by atoms with Crippen LogP contribution in [0.3, 0.4) is 0 Å². The summed E-state index contributed by atoms with van der Waals surface area (Å²) in [5.74, 6) is -1.40. The highest BCUT2D eigenvalue weighted by molar-refractivity contribution is 7.92. The van der Waals surface area contributed by atoms with Crippen LogP contribution in [-0.4, -0.2) is 38.8 Å². The molecule has 0 bridgehead atoms. The van der Waals surface area contributed by atoms with Crippen molar-refractivity contribution < 1.29 is 18.3 Å². The molecule has 19 heavy (non-hydrogen) atoms. The van der Waals surface area contributed by atoms with Crippen LogP contribution in [0.1, 0.15) is 10.4 Å². The number of anilines is 1. The average molecular weight is 285 g/mol. The van der Waals surface area contributed by atoms with E-state index in [1.165, 1.54) is 24.1 Å². The van der Waals surface area contributed by atoms with Crippen molar-refractivity contribution in [1.29, 1.82) is 0 Å². The lowest BCUT2D eigenvalue weighted by molar-refractivity contribution is 0.0698. The summed E-state index contributed by atoms with van der Waals surface area (Å²) in [6.45, 7) is 0. The first kappa shape index (κ1) is 13.1. The smallest absolute Gasteiger partial charge is 0.341 e. The van der Waals surface area contributed by atoms with Gasteiger partial charge in [-0.25, -0.2) is 9.78 Å². The van der Waals surface area contributed by atoms with Gasteiger partial charge in [0.25, 0.3) is 10.0 Å². The molecule has 0 aliphatic heterocycles. The number of hydrogen-bond acceptors (Lipinski definition) is 5. The molecule has 0 fully saturated rings. The van der Waals surface area contributed by atoms with Crippen molar-refractivity contribution in [3.63, 3.8) is 0 Å². The van der Waals surface area contributed by atoms with E-state index in [2.05, 4.69) is 14.8 Å². The molecule has 2 rings (SSSR count). The lowest BCUT2D eigenvalue weighted by Crippen LogP contribution is -2.17. The third kappa shape index (κ3) is 2.42. The molecule has 10 heteroatoms. The zero-order valence-corrected chi connectivity index (χ0v) is 10.9. The van der Waals surface area contributed by atoms with E-state index in [4.69, 9.17) is 5.11 Å². The fourth-order valence-electron chi connectivity index (χ4n) is 1.42. The van der Waals surface area contributed by atoms with E-state index < -0.39 is 16.0 Å². The van der Waals surface area contributed by atoms with Gasteiger partial charge in [0.2, 0.25) is 0 Å². The van der Waals surface area contributed by atoms with E-state index in [9.17, 15) is 13.2 Å². The Kier molecular flexibility index (Phi) is 3.02. The van der Waals surface area contributed by atoms with E-state index in [0.29, 0.717) is 0 Å². The second kappa shape index (κ2) is 4.39. The third-order valence-corrected chi connectivity index (χ3v) is 3.58. The number of nitrogens with one attached hydrogen (secondary N) is 1. The van der Waals surface area contributed by atoms with E-state index in [1.807, 2.05) is 0 Å². The van der Waals surface area contributed by atoms with Crippen LogP contribution in [0.25, 0.3) is 0 Å². The van der Waals surface area contributed by atoms with Crippen LogP contribution in [-0.2, 0) is 24.1 Å². The Morgan fingerprint density at radius 1 is 1.42 bits per heavy atom. The molecule has 2 aromatic heterocycles. The molecule has 9 nitrogen and oxygen atoms in total. The zero-order chi connectivity index (χ0) is 14.2. The molecule has 102 valence electrons. The van der Waals surface area contributed by atoms with Gasteiger partial charge in [-0.2, -0.15) is 13.5 Å². The number of aryl methyl sites for hydroxylation is 2. The van der Waals surface area contributed by atoms with Crippen molar-refractivity contribution in [2.75, 3.05) is 4.72 Å². The van der Waals surface area contributed by atoms with Gasteiger partial charge in [0.15, 0.2) is 10.8 Å². The predicted molar refractivity (Wildman–Crippen MR) is 64.2 cm³/mol. The van der Waals surface area contributed by atoms with Gasteiger partial charge in [0.05, 0.1) is 12.5 Å². The Bertz CT molecular complexity index is 730. The quantitative estimate of drug-likeness (QED) is 0.792. The molecule has 0 spiro atoms. The monoisotopic (exact) mass is 285 g/mol. The summed E-state index contributed by atoms with van der Waals surface area (Å²) in [5.41, 5.74) is -0.234. The number of carbonyl (C=O) groups is 1. The minimum Gasteiger partial charge on any atom is -0.477 e. The molecule has 0 saturated carbocycles. The second-order valence-electron chi connectivity index (χ2n) is 3.82. The summed E-state index contributed by atoms with van der Waals surface area (Å²) in [4.78, 5) is 14.7. The van der Waals surface area contributed by atoms with E-state index in [-0.39, 0.29) is 16.4 Å². The predicted octanol–water partition coefficient (Wildman–Crippen LogP) is -0.347. The first-order chi connectivity index (χ1) is 8.81. The maximum Gasteiger partial charge on any atom is 0.341 e. The van der Waals surface area contributed by atoms with Gasteiger partial charge in [-0.15, -0.1) is 0 Å². The van der Waals surface area contributed by atoms with Gasteiger partial charge >= 0.3 is 5.97 Å². The lowest BCUT2D eigenvalue weighted by atomic mass is 10.3. The van der Waals surface area contributed by atoms with E-state index >= 15 is 0 Å². The largest absolute Gasteiger partial charge is 0.477 e. The van der Waals surface area contributed by atoms with Crippen LogP contribution >= 0.6 is 0 Å². The molecule has 0 amide bonds. The summed E-state index contributed by atoms with van der Waals surface area (Å²) in [7, 11) is -0.890. The molecule has 0 aromatic carbocycles. The number of hydrogen-bond donors (Lipinski definition) is 2. The highest BCUT2D eigenvalue weighted by Gasteiger charge is 2.23. The number of aromatic nitrogens is 4. The Labute approximate surface area is 108 Å². The molecule has 2 N–H and O–H groups in total. The summed E-state index contributed by atoms with van der Waals surface area (Å²) in [6, 6.07) is 0. The number of sulfonamides is 1. The van der Waals surface area contributed by atoms with Gasteiger partial charge in [-0.3, -0.25) is 9.40 Å². The minimum atomic E-state index is -3.95. The standard InChI is InChI=1S/C9H11N5O4S/c1-13-4-7(10-5-13)19(17,18)12-8-6(9(15)16)3-11-14(8)2/h3-5,12H,1-2H3,(H,15,16). The highest BCUT2D eigenvalue weighted by atomic mass is 32.2. The summed E-state index contributed by atoms with van der Waals surface area (Å²) >= 11 is 0. The van der Waals surface area contributed by atoms with Gasteiger partial charge in [-0.1, -0.05) is 0 Å². The number of aromatic carboxylic acids is 1. The summed E-state index contributed by atoms with van der Waals surface area (Å²) in [6.07, 6.45) is 3.70. The van der Waals surface area contributed by atoms with Crippen LogP contribution < -0.4 is 4.72 Å². The molecular formula is C9H11N5O4S. The van der Waals surface area contributed by atoms with E-state index in [1.54, 1.807) is 7.05 Å². The lowest BCUT2D eigenvalue weighted by Gasteiger charge is -2.06. The first-order valence-electron chi connectivity index (χ1n) is 5.07. The maximum atomic E-state index is 12.0. The van der Waals surface area contributed by atoms with Crippen LogP contribution in [0, 0.1) is 0 Å². The fourth-order valence-corrected chi connectivity index (χ4v) is 2.51. The number of rotatable bonds is 4. The van der Waals surface area contributed by atoms with Crippen molar-refractivity contribution in [3.05, 3.63) is 24.3 Å². The van der Waals surface area contributed by atoms with E-state index in [0.717, 1.165) is 10.9 Å². The summed E-state index contributed by atoms with van der Waals surface area (Å²) < 4.78 is 28.8. The summed E-state index contributed by atoms with van der Waals surface area (Å²) in [5, 5.41) is 12.4. The van der Waals surface area contributed by atoms with Crippen molar-refractivity contribution in [3.8, 4) is 0 Å². The zero-order valence-electron chi connectivity index (χ0n) is 10.1. The number of nitrogens with zero attached hydrogens (tertiary/aromatic N) is 4. The Morgan fingerprint density at radius 3 is 2.63 bits per heavy atom. The van der Waals surface area contributed by atoms with Crippen molar-refractivity contribution >= 4 is 21.8 Å². The number of imidazole rings is 1. The molecule has 2 aromatic rings. The van der Waals surface area contributed by atoms with Crippen molar-refractivity contribution in [2.24, 2.45) is 14.1 Å². The second-order valence-corrected chi connectivity index (χ2v) is 5.45. The van der Waals surface area contributed by atoms with Crippen molar-refractivity contribution in [1.82, 2.24) is 19.3 Å². The Morgan fingerprint density at radius 2 is 2.11 bits per heavy atom. The molecule has 0 aliphatic carbocycles. The van der Waals surface area contributed by atoms with Gasteiger partial charge < -0.3 is 9.67 Å². The first-order valence-corrected chi connectivity index (χ1v) is 6.55.